The molecule has 0 saturated heterocycles. The number of nitrogens with zero attached hydrogens (tertiary/aromatic N) is 2. The van der Waals surface area contributed by atoms with Crippen LogP contribution in [-0.2, 0) is 12.1 Å². The average molecular weight is 404 g/mol. The van der Waals surface area contributed by atoms with Gasteiger partial charge in [0.05, 0.1) is 12.9 Å². The highest BCUT2D eigenvalue weighted by molar-refractivity contribution is 7.80. The lowest BCUT2D eigenvalue weighted by molar-refractivity contribution is -0.177. The molecule has 0 radical (unpaired) electrons. The summed E-state index contributed by atoms with van der Waals surface area (Å²) in [5.74, 6) is 5.15. The number of alkyl halides is 3. The Hall–Kier alpha value is -2.86. The quantitative estimate of drug-likeness (QED) is 0.596. The summed E-state index contributed by atoms with van der Waals surface area (Å²) in [6.45, 7) is 0.175. The fraction of sp³-hybridized carbons (Fsp3) is 0.316. The van der Waals surface area contributed by atoms with Crippen LogP contribution in [0.15, 0.2) is 41.6 Å². The topological polar surface area (TPSA) is 59.0 Å². The summed E-state index contributed by atoms with van der Waals surface area (Å²) in [5.41, 5.74) is -1.99. The molecule has 1 aromatic carbocycles. The van der Waals surface area contributed by atoms with Crippen molar-refractivity contribution in [3.05, 3.63) is 58.3 Å². The zero-order chi connectivity index (χ0) is 19.9. The van der Waals surface area contributed by atoms with E-state index in [2.05, 4.69) is 27.5 Å². The third kappa shape index (κ3) is 3.36. The van der Waals surface area contributed by atoms with Gasteiger partial charge in [0.2, 0.25) is 5.54 Å². The highest BCUT2D eigenvalue weighted by Gasteiger charge is 2.58. The molecule has 2 N–H and O–H groups in total. The smallest absolute Gasteiger partial charge is 0.335 e. The molecule has 1 atom stereocenters. The summed E-state index contributed by atoms with van der Waals surface area (Å²) in [6.07, 6.45) is -0.279. The molecule has 0 unspecified atom stereocenters. The molecule has 1 saturated carbocycles. The molecular formula is C19H15F3N4OS. The molecule has 0 bridgehead atoms. The zero-order valence-corrected chi connectivity index (χ0v) is 15.3. The summed E-state index contributed by atoms with van der Waals surface area (Å²) in [4.78, 5) is 15.8. The number of thiocarbonyl (C=S) groups is 1. The lowest BCUT2D eigenvalue weighted by Crippen LogP contribution is -2.59. The molecule has 28 heavy (non-hydrogen) atoms. The van der Waals surface area contributed by atoms with Gasteiger partial charge < -0.3 is 10.6 Å². The second kappa shape index (κ2) is 6.63. The van der Waals surface area contributed by atoms with Crippen molar-refractivity contribution in [1.82, 2.24) is 14.9 Å². The average Bonchev–Trinajstić information content (AvgIpc) is 3.44. The van der Waals surface area contributed by atoms with Crippen LogP contribution in [0.3, 0.4) is 0 Å². The molecule has 2 aromatic rings. The molecule has 1 aromatic heterocycles. The highest BCUT2D eigenvalue weighted by atomic mass is 32.1. The largest absolute Gasteiger partial charge is 0.427 e. The molecule has 1 aliphatic carbocycles. The van der Waals surface area contributed by atoms with E-state index in [1.165, 1.54) is 29.2 Å². The highest BCUT2D eigenvalue weighted by Crippen LogP contribution is 2.44. The van der Waals surface area contributed by atoms with E-state index in [0.29, 0.717) is 5.56 Å². The maximum Gasteiger partial charge on any atom is 0.427 e. The summed E-state index contributed by atoms with van der Waals surface area (Å²) in [7, 11) is 0. The Kier molecular flexibility index (Phi) is 4.38. The van der Waals surface area contributed by atoms with E-state index < -0.39 is 11.7 Å². The van der Waals surface area contributed by atoms with Crippen molar-refractivity contribution >= 4 is 23.0 Å². The van der Waals surface area contributed by atoms with Crippen LogP contribution in [-0.4, -0.2) is 20.8 Å². The van der Waals surface area contributed by atoms with E-state index in [0.717, 1.165) is 12.8 Å². The van der Waals surface area contributed by atoms with Gasteiger partial charge in [-0.3, -0.25) is 9.36 Å². The summed E-state index contributed by atoms with van der Waals surface area (Å²) >= 11 is 5.03. The first kappa shape index (κ1) is 18.5. The molecule has 2 heterocycles. The maximum atomic E-state index is 14.1. The fourth-order valence-corrected chi connectivity index (χ4v) is 3.30. The van der Waals surface area contributed by atoms with Crippen LogP contribution in [0.4, 0.5) is 18.9 Å². The van der Waals surface area contributed by atoms with Crippen molar-refractivity contribution in [1.29, 1.82) is 0 Å². The number of hydrogen-bond acceptors (Lipinski definition) is 3. The van der Waals surface area contributed by atoms with Gasteiger partial charge in [-0.05, 0) is 36.7 Å². The Balaban J connectivity index is 1.78. The second-order valence-corrected chi connectivity index (χ2v) is 7.21. The van der Waals surface area contributed by atoms with Crippen molar-refractivity contribution in [2.75, 3.05) is 5.32 Å². The van der Waals surface area contributed by atoms with Crippen LogP contribution in [0.1, 0.15) is 24.0 Å². The van der Waals surface area contributed by atoms with Gasteiger partial charge in [-0.15, -0.1) is 0 Å². The van der Waals surface area contributed by atoms with Gasteiger partial charge in [0.15, 0.2) is 5.11 Å². The van der Waals surface area contributed by atoms with Crippen LogP contribution in [0.25, 0.3) is 0 Å². The van der Waals surface area contributed by atoms with E-state index in [1.54, 1.807) is 12.1 Å². The standard InChI is InChI=1S/C19H15F3N4OS/c20-19(21,22)18(7-5-12-1-2-12)14-4-3-13(9-15(14)24-17(28)25-18)10-26-11-23-8-6-16(26)27/h3-4,6,8-9,11-12H,1-2,10H2,(H2,24,25,28)/t18-/m0/s1. The first-order chi connectivity index (χ1) is 13.3. The number of nitrogens with one attached hydrogen (secondary N) is 2. The minimum atomic E-state index is -4.67. The van der Waals surface area contributed by atoms with Crippen molar-refractivity contribution < 1.29 is 13.2 Å². The van der Waals surface area contributed by atoms with E-state index in [4.69, 9.17) is 12.2 Å². The summed E-state index contributed by atoms with van der Waals surface area (Å²) in [5, 5.41) is 4.98. The van der Waals surface area contributed by atoms with Crippen LogP contribution in [0, 0.1) is 17.8 Å². The van der Waals surface area contributed by atoms with Gasteiger partial charge in [0, 0.05) is 29.4 Å². The number of aromatic nitrogens is 2. The molecule has 1 aliphatic heterocycles. The zero-order valence-electron chi connectivity index (χ0n) is 14.5. The molecule has 5 nitrogen and oxygen atoms in total. The lowest BCUT2D eigenvalue weighted by Gasteiger charge is -2.38. The first-order valence-corrected chi connectivity index (χ1v) is 9.02. The van der Waals surface area contributed by atoms with Gasteiger partial charge >= 0.3 is 6.18 Å². The van der Waals surface area contributed by atoms with E-state index >= 15 is 0 Å². The van der Waals surface area contributed by atoms with Crippen molar-refractivity contribution in [2.45, 2.75) is 31.1 Å². The Morgan fingerprint density at radius 3 is 2.79 bits per heavy atom. The Morgan fingerprint density at radius 2 is 2.11 bits per heavy atom. The molecule has 0 amide bonds. The molecular weight excluding hydrogens is 389 g/mol. The fourth-order valence-electron chi connectivity index (χ4n) is 3.04. The number of hydrogen-bond donors (Lipinski definition) is 2. The van der Waals surface area contributed by atoms with E-state index in [9.17, 15) is 18.0 Å². The molecule has 4 rings (SSSR count). The maximum absolute atomic E-state index is 14.1. The Bertz CT molecular complexity index is 1070. The van der Waals surface area contributed by atoms with Gasteiger partial charge in [-0.25, -0.2) is 4.98 Å². The van der Waals surface area contributed by atoms with E-state index in [-0.39, 0.29) is 34.4 Å². The number of anilines is 1. The third-order valence-electron chi connectivity index (χ3n) is 4.65. The van der Waals surface area contributed by atoms with Gasteiger partial charge in [0.25, 0.3) is 5.56 Å². The van der Waals surface area contributed by atoms with Crippen LogP contribution in [0.5, 0.6) is 0 Å². The van der Waals surface area contributed by atoms with Crippen LogP contribution < -0.4 is 16.2 Å². The van der Waals surface area contributed by atoms with E-state index in [1.807, 2.05) is 0 Å². The summed E-state index contributed by atoms with van der Waals surface area (Å²) in [6, 6.07) is 5.80. The van der Waals surface area contributed by atoms with Crippen molar-refractivity contribution in [3.63, 3.8) is 0 Å². The Labute approximate surface area is 164 Å². The second-order valence-electron chi connectivity index (χ2n) is 6.80. The van der Waals surface area contributed by atoms with Crippen molar-refractivity contribution in [3.8, 4) is 11.8 Å². The predicted molar refractivity (Wildman–Crippen MR) is 102 cm³/mol. The molecule has 0 spiro atoms. The molecule has 144 valence electrons. The van der Waals surface area contributed by atoms with Gasteiger partial charge in [0.1, 0.15) is 0 Å². The third-order valence-corrected chi connectivity index (χ3v) is 4.85. The number of halogens is 3. The minimum Gasteiger partial charge on any atom is -0.335 e. The Morgan fingerprint density at radius 1 is 1.32 bits per heavy atom. The van der Waals surface area contributed by atoms with Crippen molar-refractivity contribution in [2.24, 2.45) is 5.92 Å². The van der Waals surface area contributed by atoms with Gasteiger partial charge in [-0.2, -0.15) is 13.2 Å². The first-order valence-electron chi connectivity index (χ1n) is 8.61. The number of fused-ring (bicyclic) bond motifs is 1. The van der Waals surface area contributed by atoms with Crippen LogP contribution >= 0.6 is 12.2 Å². The lowest BCUT2D eigenvalue weighted by atomic mass is 9.85. The number of rotatable bonds is 2. The molecule has 2 aliphatic rings. The normalized spacial score (nSPS) is 21.0. The minimum absolute atomic E-state index is 0.00432. The monoisotopic (exact) mass is 404 g/mol. The number of benzene rings is 1. The molecule has 9 heteroatoms. The molecule has 1 fully saturated rings. The van der Waals surface area contributed by atoms with Gasteiger partial charge in [-0.1, -0.05) is 24.0 Å². The van der Waals surface area contributed by atoms with Crippen LogP contribution in [0.2, 0.25) is 0 Å². The summed E-state index contributed by atoms with van der Waals surface area (Å²) < 4.78 is 43.7. The predicted octanol–water partition coefficient (Wildman–Crippen LogP) is 2.76. The SMILES string of the molecule is O=c1ccncn1Cc1ccc2c(c1)NC(=S)N[C@]2(C#CC1CC1)C(F)(F)F.